The molecule has 1 aromatic carbocycles. The van der Waals surface area contributed by atoms with E-state index in [1.54, 1.807) is 12.0 Å². The fourth-order valence-electron chi connectivity index (χ4n) is 2.44. The Kier molecular flexibility index (Phi) is 5.38. The zero-order valence-electron chi connectivity index (χ0n) is 11.8. The molecule has 20 heavy (non-hydrogen) atoms. The third kappa shape index (κ3) is 3.95. The number of rotatable bonds is 4. The number of methoxy groups -OCH3 is 1. The molecule has 1 aliphatic rings. The molecule has 1 aliphatic heterocycles. The molecule has 1 saturated heterocycles. The largest absolute Gasteiger partial charge is 0.391 e. The van der Waals surface area contributed by atoms with Crippen molar-refractivity contribution in [2.75, 3.05) is 26.7 Å². The minimum atomic E-state index is -0.401. The number of piperidine rings is 1. The van der Waals surface area contributed by atoms with Gasteiger partial charge in [-0.15, -0.1) is 0 Å². The van der Waals surface area contributed by atoms with Crippen LogP contribution in [0.2, 0.25) is 0 Å². The predicted octanol–water partition coefficient (Wildman–Crippen LogP) is 1.54. The van der Waals surface area contributed by atoms with Crippen LogP contribution in [0.1, 0.15) is 24.5 Å². The van der Waals surface area contributed by atoms with Crippen LogP contribution in [0.3, 0.4) is 0 Å². The van der Waals surface area contributed by atoms with Gasteiger partial charge >= 0.3 is 6.03 Å². The van der Waals surface area contributed by atoms with Gasteiger partial charge in [0.1, 0.15) is 0 Å². The maximum Gasteiger partial charge on any atom is 0.317 e. The second-order valence-corrected chi connectivity index (χ2v) is 5.06. The van der Waals surface area contributed by atoms with E-state index in [-0.39, 0.29) is 12.1 Å². The highest BCUT2D eigenvalue weighted by atomic mass is 16.5. The molecule has 2 amide bonds. The van der Waals surface area contributed by atoms with Crippen LogP contribution in [0.5, 0.6) is 0 Å². The highest BCUT2D eigenvalue weighted by Crippen LogP contribution is 2.15. The Labute approximate surface area is 119 Å². The molecule has 5 nitrogen and oxygen atoms in total. The number of ether oxygens (including phenoxy) is 1. The number of likely N-dealkylation sites (tertiary alicyclic amines) is 1. The number of benzene rings is 1. The van der Waals surface area contributed by atoms with Crippen molar-refractivity contribution in [3.63, 3.8) is 0 Å². The first-order chi connectivity index (χ1) is 9.70. The molecule has 0 spiro atoms. The first-order valence-electron chi connectivity index (χ1n) is 6.99. The van der Waals surface area contributed by atoms with Crippen LogP contribution >= 0.6 is 0 Å². The van der Waals surface area contributed by atoms with Crippen LogP contribution in [-0.2, 0) is 4.74 Å². The number of nitrogens with one attached hydrogen (secondary N) is 1. The number of hydrogen-bond donors (Lipinski definition) is 2. The van der Waals surface area contributed by atoms with Crippen LogP contribution in [0, 0.1) is 0 Å². The van der Waals surface area contributed by atoms with E-state index in [0.717, 1.165) is 18.4 Å². The average Bonchev–Trinajstić information content (AvgIpc) is 2.49. The summed E-state index contributed by atoms with van der Waals surface area (Å²) in [5.41, 5.74) is 1.04. The van der Waals surface area contributed by atoms with Crippen LogP contribution in [0.4, 0.5) is 4.79 Å². The standard InChI is InChI=1S/C15H22N2O3/c1-20-14(12-6-3-2-4-7-12)10-16-15(19)17-9-5-8-13(18)11-17/h2-4,6-7,13-14,18H,5,8-11H2,1H3,(H,16,19). The summed E-state index contributed by atoms with van der Waals surface area (Å²) in [6, 6.07) is 9.66. The molecule has 1 fully saturated rings. The van der Waals surface area contributed by atoms with Crippen molar-refractivity contribution < 1.29 is 14.6 Å². The van der Waals surface area contributed by atoms with Crippen LogP contribution < -0.4 is 5.32 Å². The Bertz CT molecular complexity index is 424. The van der Waals surface area contributed by atoms with E-state index >= 15 is 0 Å². The van der Waals surface area contributed by atoms with Crippen molar-refractivity contribution in [3.8, 4) is 0 Å². The molecule has 2 rings (SSSR count). The molecule has 110 valence electrons. The van der Waals surface area contributed by atoms with E-state index < -0.39 is 6.10 Å². The highest BCUT2D eigenvalue weighted by molar-refractivity contribution is 5.74. The third-order valence-electron chi connectivity index (χ3n) is 3.58. The first kappa shape index (κ1) is 14.8. The van der Waals surface area contributed by atoms with Crippen LogP contribution in [0.25, 0.3) is 0 Å². The minimum absolute atomic E-state index is 0.137. The highest BCUT2D eigenvalue weighted by Gasteiger charge is 2.22. The fraction of sp³-hybridized carbons (Fsp3) is 0.533. The number of hydrogen-bond acceptors (Lipinski definition) is 3. The Balaban J connectivity index is 1.85. The lowest BCUT2D eigenvalue weighted by Gasteiger charge is -2.30. The van der Waals surface area contributed by atoms with Gasteiger partial charge in [-0.25, -0.2) is 4.79 Å². The molecular weight excluding hydrogens is 256 g/mol. The van der Waals surface area contributed by atoms with E-state index in [4.69, 9.17) is 4.74 Å². The molecule has 2 unspecified atom stereocenters. The molecule has 1 aromatic rings. The van der Waals surface area contributed by atoms with Gasteiger partial charge in [-0.05, 0) is 18.4 Å². The van der Waals surface area contributed by atoms with Gasteiger partial charge in [0.15, 0.2) is 0 Å². The summed E-state index contributed by atoms with van der Waals surface area (Å²) >= 11 is 0. The van der Waals surface area contributed by atoms with E-state index in [1.165, 1.54) is 0 Å². The van der Waals surface area contributed by atoms with Crippen molar-refractivity contribution in [3.05, 3.63) is 35.9 Å². The molecule has 0 bridgehead atoms. The van der Waals surface area contributed by atoms with E-state index in [9.17, 15) is 9.90 Å². The monoisotopic (exact) mass is 278 g/mol. The lowest BCUT2D eigenvalue weighted by atomic mass is 10.1. The average molecular weight is 278 g/mol. The van der Waals surface area contributed by atoms with Gasteiger partial charge in [0.2, 0.25) is 0 Å². The minimum Gasteiger partial charge on any atom is -0.391 e. The van der Waals surface area contributed by atoms with Crippen LogP contribution in [-0.4, -0.2) is 48.9 Å². The molecule has 5 heteroatoms. The fourth-order valence-corrected chi connectivity index (χ4v) is 2.44. The number of carbonyl (C=O) groups is 1. The molecule has 0 saturated carbocycles. The quantitative estimate of drug-likeness (QED) is 0.878. The molecule has 2 atom stereocenters. The van der Waals surface area contributed by atoms with Gasteiger partial charge in [-0.3, -0.25) is 0 Å². The van der Waals surface area contributed by atoms with Gasteiger partial charge in [-0.2, -0.15) is 0 Å². The molecule has 0 aromatic heterocycles. The molecule has 1 heterocycles. The van der Waals surface area contributed by atoms with Gasteiger partial charge in [0, 0.05) is 26.7 Å². The number of urea groups is 1. The lowest BCUT2D eigenvalue weighted by molar-refractivity contribution is 0.0778. The third-order valence-corrected chi connectivity index (χ3v) is 3.58. The molecule has 0 aliphatic carbocycles. The zero-order valence-corrected chi connectivity index (χ0v) is 11.8. The molecule has 2 N–H and O–H groups in total. The maximum atomic E-state index is 12.0. The molecule has 0 radical (unpaired) electrons. The van der Waals surface area contributed by atoms with Gasteiger partial charge < -0.3 is 20.1 Å². The maximum absolute atomic E-state index is 12.0. The van der Waals surface area contributed by atoms with Gasteiger partial charge in [0.25, 0.3) is 0 Å². The Morgan fingerprint density at radius 3 is 2.90 bits per heavy atom. The number of nitrogens with zero attached hydrogens (tertiary/aromatic N) is 1. The number of aliphatic hydroxyl groups is 1. The number of aliphatic hydroxyl groups excluding tert-OH is 1. The summed E-state index contributed by atoms with van der Waals surface area (Å²) in [6.45, 7) is 1.53. The van der Waals surface area contributed by atoms with Gasteiger partial charge in [0.05, 0.1) is 12.2 Å². The Hall–Kier alpha value is -1.59. The van der Waals surface area contributed by atoms with Crippen LogP contribution in [0.15, 0.2) is 30.3 Å². The SMILES string of the molecule is COC(CNC(=O)N1CCCC(O)C1)c1ccccc1. The van der Waals surface area contributed by atoms with E-state index in [2.05, 4.69) is 5.32 Å². The van der Waals surface area contributed by atoms with Gasteiger partial charge in [-0.1, -0.05) is 30.3 Å². The van der Waals surface area contributed by atoms with E-state index in [1.807, 2.05) is 30.3 Å². The second-order valence-electron chi connectivity index (χ2n) is 5.06. The van der Waals surface area contributed by atoms with Crippen molar-refractivity contribution in [1.82, 2.24) is 10.2 Å². The first-order valence-corrected chi connectivity index (χ1v) is 6.99. The summed E-state index contributed by atoms with van der Waals surface area (Å²) in [7, 11) is 1.63. The number of amides is 2. The summed E-state index contributed by atoms with van der Waals surface area (Å²) in [4.78, 5) is 13.7. The van der Waals surface area contributed by atoms with Crippen molar-refractivity contribution >= 4 is 6.03 Å². The topological polar surface area (TPSA) is 61.8 Å². The van der Waals surface area contributed by atoms with Crippen molar-refractivity contribution in [2.45, 2.75) is 25.0 Å². The summed E-state index contributed by atoms with van der Waals surface area (Å²) < 4.78 is 5.41. The summed E-state index contributed by atoms with van der Waals surface area (Å²) in [5.74, 6) is 0. The smallest absolute Gasteiger partial charge is 0.317 e. The van der Waals surface area contributed by atoms with Crippen molar-refractivity contribution in [1.29, 1.82) is 0 Å². The zero-order chi connectivity index (χ0) is 14.4. The predicted molar refractivity (Wildman–Crippen MR) is 76.4 cm³/mol. The Morgan fingerprint density at radius 1 is 1.50 bits per heavy atom. The summed E-state index contributed by atoms with van der Waals surface area (Å²) in [6.07, 6.45) is 1.06. The number of carbonyl (C=O) groups excluding carboxylic acids is 1. The summed E-state index contributed by atoms with van der Waals surface area (Å²) in [5, 5.41) is 12.5. The van der Waals surface area contributed by atoms with E-state index in [0.29, 0.717) is 19.6 Å². The number of β-amino-alcohol motifs (C(OH)–C–C–N with tert-alkyl or cyclic N) is 1. The lowest BCUT2D eigenvalue weighted by Crippen LogP contribution is -2.47. The second kappa shape index (κ2) is 7.26. The Morgan fingerprint density at radius 2 is 2.25 bits per heavy atom. The molecular formula is C15H22N2O3. The normalized spacial score (nSPS) is 20.5. The van der Waals surface area contributed by atoms with Crippen molar-refractivity contribution in [2.24, 2.45) is 0 Å².